The average Bonchev–Trinajstić information content (AvgIpc) is 2.04. The first kappa shape index (κ1) is 10.1. The van der Waals surface area contributed by atoms with Crippen LogP contribution in [0.3, 0.4) is 0 Å². The molecular formula is C9H12F2N2. The molecule has 2 nitrogen and oxygen atoms in total. The molecule has 0 atom stereocenters. The molecule has 0 aliphatic carbocycles. The van der Waals surface area contributed by atoms with Gasteiger partial charge in [0.25, 0.3) is 5.92 Å². The van der Waals surface area contributed by atoms with Crippen LogP contribution in [0.5, 0.6) is 0 Å². The molecule has 0 aromatic carbocycles. The lowest BCUT2D eigenvalue weighted by molar-refractivity contribution is -0.0673. The van der Waals surface area contributed by atoms with Crippen LogP contribution in [0.25, 0.3) is 0 Å². The predicted molar refractivity (Wildman–Crippen MR) is 46.4 cm³/mol. The fourth-order valence-electron chi connectivity index (χ4n) is 0.933. The second kappa shape index (κ2) is 3.03. The molecule has 1 aromatic heterocycles. The molecule has 4 heteroatoms. The van der Waals surface area contributed by atoms with Gasteiger partial charge >= 0.3 is 0 Å². The number of halogens is 2. The van der Waals surface area contributed by atoms with E-state index in [1.54, 1.807) is 0 Å². The molecular weight excluding hydrogens is 174 g/mol. The van der Waals surface area contributed by atoms with Crippen LogP contribution in [-0.2, 0) is 5.92 Å². The minimum Gasteiger partial charge on any atom is -0.320 e. The summed E-state index contributed by atoms with van der Waals surface area (Å²) >= 11 is 0. The van der Waals surface area contributed by atoms with Gasteiger partial charge in [-0.3, -0.25) is 4.98 Å². The summed E-state index contributed by atoms with van der Waals surface area (Å²) in [6.07, 6.45) is 2.66. The van der Waals surface area contributed by atoms with E-state index in [-0.39, 0.29) is 5.56 Å². The molecule has 0 fully saturated rings. The van der Waals surface area contributed by atoms with Gasteiger partial charge in [-0.2, -0.15) is 8.78 Å². The number of aromatic nitrogens is 1. The molecule has 2 N–H and O–H groups in total. The maximum absolute atomic E-state index is 13.5. The Bertz CT molecular complexity index is 277. The van der Waals surface area contributed by atoms with Crippen molar-refractivity contribution in [3.63, 3.8) is 0 Å². The van der Waals surface area contributed by atoms with Gasteiger partial charge in [-0.1, -0.05) is 0 Å². The smallest absolute Gasteiger partial charge is 0.290 e. The summed E-state index contributed by atoms with van der Waals surface area (Å²) in [6, 6.07) is 2.54. The zero-order valence-corrected chi connectivity index (χ0v) is 7.59. The van der Waals surface area contributed by atoms with Crippen LogP contribution in [0.4, 0.5) is 8.78 Å². The molecule has 0 saturated heterocycles. The van der Waals surface area contributed by atoms with Crippen molar-refractivity contribution in [2.45, 2.75) is 25.3 Å². The summed E-state index contributed by atoms with van der Waals surface area (Å²) in [7, 11) is 0. The first-order valence-corrected chi connectivity index (χ1v) is 3.93. The molecule has 0 unspecified atom stereocenters. The van der Waals surface area contributed by atoms with Crippen LogP contribution in [-0.4, -0.2) is 10.5 Å². The number of pyridine rings is 1. The van der Waals surface area contributed by atoms with Gasteiger partial charge in [-0.05, 0) is 26.0 Å². The van der Waals surface area contributed by atoms with Gasteiger partial charge in [-0.15, -0.1) is 0 Å². The van der Waals surface area contributed by atoms with Crippen molar-refractivity contribution in [2.75, 3.05) is 0 Å². The topological polar surface area (TPSA) is 38.9 Å². The molecule has 0 aliphatic rings. The Kier molecular flexibility index (Phi) is 2.34. The fourth-order valence-corrected chi connectivity index (χ4v) is 0.933. The molecule has 0 bridgehead atoms. The highest BCUT2D eigenvalue weighted by atomic mass is 19.3. The highest BCUT2D eigenvalue weighted by Gasteiger charge is 2.45. The first-order chi connectivity index (χ1) is 5.86. The Morgan fingerprint density at radius 2 is 1.69 bits per heavy atom. The minimum absolute atomic E-state index is 0.102. The lowest BCUT2D eigenvalue weighted by Crippen LogP contribution is -2.48. The molecule has 0 amide bonds. The maximum atomic E-state index is 13.5. The quantitative estimate of drug-likeness (QED) is 0.766. The van der Waals surface area contributed by atoms with Crippen molar-refractivity contribution in [3.8, 4) is 0 Å². The molecule has 0 spiro atoms. The highest BCUT2D eigenvalue weighted by Crippen LogP contribution is 2.36. The van der Waals surface area contributed by atoms with Crippen molar-refractivity contribution in [3.05, 3.63) is 30.1 Å². The largest absolute Gasteiger partial charge is 0.320 e. The normalized spacial score (nSPS) is 13.0. The Hall–Kier alpha value is -1.03. The minimum atomic E-state index is -3.03. The van der Waals surface area contributed by atoms with Gasteiger partial charge in [0, 0.05) is 18.0 Å². The highest BCUT2D eigenvalue weighted by molar-refractivity contribution is 5.20. The summed E-state index contributed by atoms with van der Waals surface area (Å²) in [5.74, 6) is -3.03. The van der Waals surface area contributed by atoms with E-state index in [9.17, 15) is 8.78 Å². The standard InChI is InChI=1S/C9H12F2N2/c1-8(2,12)9(10,11)7-3-5-13-6-4-7/h3-6H,12H2,1-2H3. The third-order valence-corrected chi connectivity index (χ3v) is 1.85. The SMILES string of the molecule is CC(C)(N)C(F)(F)c1ccncc1. The van der Waals surface area contributed by atoms with E-state index in [2.05, 4.69) is 4.98 Å². The van der Waals surface area contributed by atoms with Gasteiger partial charge in [0.1, 0.15) is 0 Å². The number of rotatable bonds is 2. The molecule has 1 rings (SSSR count). The van der Waals surface area contributed by atoms with E-state index in [0.717, 1.165) is 0 Å². The van der Waals surface area contributed by atoms with Crippen molar-refractivity contribution in [1.82, 2.24) is 4.98 Å². The Balaban J connectivity index is 3.08. The summed E-state index contributed by atoms with van der Waals surface area (Å²) in [5, 5.41) is 0. The zero-order chi connectivity index (χ0) is 10.1. The molecule has 0 aliphatic heterocycles. The number of nitrogens with two attached hydrogens (primary N) is 1. The monoisotopic (exact) mass is 186 g/mol. The molecule has 13 heavy (non-hydrogen) atoms. The third kappa shape index (κ3) is 1.83. The number of hydrogen-bond acceptors (Lipinski definition) is 2. The maximum Gasteiger partial charge on any atom is 0.290 e. The van der Waals surface area contributed by atoms with E-state index >= 15 is 0 Å². The van der Waals surface area contributed by atoms with Gasteiger partial charge in [-0.25, -0.2) is 0 Å². The lowest BCUT2D eigenvalue weighted by atomic mass is 9.92. The van der Waals surface area contributed by atoms with Crippen LogP contribution in [0, 0.1) is 0 Å². The lowest BCUT2D eigenvalue weighted by Gasteiger charge is -2.30. The summed E-state index contributed by atoms with van der Waals surface area (Å²) in [6.45, 7) is 2.60. The summed E-state index contributed by atoms with van der Waals surface area (Å²) < 4.78 is 27.0. The molecule has 1 heterocycles. The molecule has 1 aromatic rings. The second-order valence-electron chi connectivity index (χ2n) is 3.53. The van der Waals surface area contributed by atoms with Gasteiger partial charge in [0.15, 0.2) is 0 Å². The van der Waals surface area contributed by atoms with E-state index in [1.165, 1.54) is 38.4 Å². The number of nitrogens with zero attached hydrogens (tertiary/aromatic N) is 1. The van der Waals surface area contributed by atoms with Crippen molar-refractivity contribution < 1.29 is 8.78 Å². The third-order valence-electron chi connectivity index (χ3n) is 1.85. The zero-order valence-electron chi connectivity index (χ0n) is 7.59. The fraction of sp³-hybridized carbons (Fsp3) is 0.444. The average molecular weight is 186 g/mol. The second-order valence-corrected chi connectivity index (χ2v) is 3.53. The number of hydrogen-bond donors (Lipinski definition) is 1. The van der Waals surface area contributed by atoms with Crippen molar-refractivity contribution in [1.29, 1.82) is 0 Å². The summed E-state index contributed by atoms with van der Waals surface area (Å²) in [5.41, 5.74) is 3.71. The number of alkyl halides is 2. The van der Waals surface area contributed by atoms with E-state index in [1.807, 2.05) is 0 Å². The Labute approximate surface area is 75.8 Å². The van der Waals surface area contributed by atoms with Gasteiger partial charge < -0.3 is 5.73 Å². The first-order valence-electron chi connectivity index (χ1n) is 3.93. The van der Waals surface area contributed by atoms with Crippen LogP contribution in [0.15, 0.2) is 24.5 Å². The van der Waals surface area contributed by atoms with E-state index in [4.69, 9.17) is 5.73 Å². The van der Waals surface area contributed by atoms with Gasteiger partial charge in [0.2, 0.25) is 0 Å². The van der Waals surface area contributed by atoms with Crippen LogP contribution in [0.1, 0.15) is 19.4 Å². The molecule has 72 valence electrons. The van der Waals surface area contributed by atoms with E-state index in [0.29, 0.717) is 0 Å². The van der Waals surface area contributed by atoms with E-state index < -0.39 is 11.5 Å². The Morgan fingerprint density at radius 3 is 2.08 bits per heavy atom. The Morgan fingerprint density at radius 1 is 1.23 bits per heavy atom. The predicted octanol–water partition coefficient (Wildman–Crippen LogP) is 1.91. The summed E-state index contributed by atoms with van der Waals surface area (Å²) in [4.78, 5) is 3.67. The van der Waals surface area contributed by atoms with Crippen LogP contribution < -0.4 is 5.73 Å². The van der Waals surface area contributed by atoms with Crippen LogP contribution >= 0.6 is 0 Å². The van der Waals surface area contributed by atoms with Gasteiger partial charge in [0.05, 0.1) is 5.54 Å². The van der Waals surface area contributed by atoms with Crippen molar-refractivity contribution >= 4 is 0 Å². The van der Waals surface area contributed by atoms with Crippen LogP contribution in [0.2, 0.25) is 0 Å². The van der Waals surface area contributed by atoms with Crippen molar-refractivity contribution in [2.24, 2.45) is 5.73 Å². The molecule has 0 radical (unpaired) electrons. The molecule has 0 saturated carbocycles.